The van der Waals surface area contributed by atoms with Gasteiger partial charge in [0.1, 0.15) is 11.3 Å². The van der Waals surface area contributed by atoms with Crippen LogP contribution in [0.1, 0.15) is 16.8 Å². The van der Waals surface area contributed by atoms with Crippen molar-refractivity contribution in [1.29, 1.82) is 0 Å². The Morgan fingerprint density at radius 1 is 1.06 bits per heavy atom. The fraction of sp³-hybridized carbons (Fsp3) is 0.125. The summed E-state index contributed by atoms with van der Waals surface area (Å²) in [4.78, 5) is 39.0. The Balaban J connectivity index is 1.67. The summed E-state index contributed by atoms with van der Waals surface area (Å²) in [5.74, 6) is -1.08. The number of hydrogen-bond donors (Lipinski definition) is 1. The van der Waals surface area contributed by atoms with Gasteiger partial charge >= 0.3 is 6.03 Å². The Morgan fingerprint density at radius 3 is 2.59 bits per heavy atom. The van der Waals surface area contributed by atoms with Crippen LogP contribution in [0.2, 0.25) is 5.02 Å². The molecule has 1 N–H and O–H groups in total. The molecule has 8 heteroatoms. The quantitative estimate of drug-likeness (QED) is 0.468. The second kappa shape index (κ2) is 8.72. The van der Waals surface area contributed by atoms with Gasteiger partial charge in [0.05, 0.1) is 17.8 Å². The summed E-state index contributed by atoms with van der Waals surface area (Å²) in [6.07, 6.45) is 3.35. The number of halogens is 1. The second-order valence-corrected chi connectivity index (χ2v) is 7.73. The Bertz CT molecular complexity index is 1260. The van der Waals surface area contributed by atoms with Gasteiger partial charge in [-0.3, -0.25) is 14.9 Å². The van der Waals surface area contributed by atoms with Crippen LogP contribution in [0, 0.1) is 6.92 Å². The smallest absolute Gasteiger partial charge is 0.335 e. The first kappa shape index (κ1) is 21.4. The predicted molar refractivity (Wildman–Crippen MR) is 122 cm³/mol. The fourth-order valence-electron chi connectivity index (χ4n) is 3.54. The molecule has 0 saturated carbocycles. The maximum Gasteiger partial charge on any atom is 0.335 e. The number of rotatable bonds is 5. The van der Waals surface area contributed by atoms with Crippen molar-refractivity contribution in [2.24, 2.45) is 0 Å². The van der Waals surface area contributed by atoms with Gasteiger partial charge in [0.2, 0.25) is 0 Å². The molecule has 1 saturated heterocycles. The minimum absolute atomic E-state index is 0.152. The molecular weight excluding hydrogens is 430 g/mol. The van der Waals surface area contributed by atoms with Gasteiger partial charge in [0.25, 0.3) is 11.8 Å². The van der Waals surface area contributed by atoms with Crippen LogP contribution < -0.4 is 15.0 Å². The van der Waals surface area contributed by atoms with Gasteiger partial charge < -0.3 is 9.30 Å². The van der Waals surface area contributed by atoms with E-state index >= 15 is 0 Å². The number of aromatic nitrogens is 1. The van der Waals surface area contributed by atoms with Crippen LogP contribution in [0.4, 0.5) is 10.5 Å². The predicted octanol–water partition coefficient (Wildman–Crippen LogP) is 4.17. The first-order chi connectivity index (χ1) is 15.4. The third-order valence-electron chi connectivity index (χ3n) is 5.09. The number of methoxy groups -OCH3 is 1. The number of carbonyl (C=O) groups is 3. The van der Waals surface area contributed by atoms with Crippen molar-refractivity contribution in [1.82, 2.24) is 9.88 Å². The molecule has 1 fully saturated rings. The maximum atomic E-state index is 13.1. The van der Waals surface area contributed by atoms with E-state index in [4.69, 9.17) is 16.3 Å². The zero-order valence-electron chi connectivity index (χ0n) is 17.5. The van der Waals surface area contributed by atoms with E-state index in [0.717, 1.165) is 16.0 Å². The number of hydrogen-bond acceptors (Lipinski definition) is 4. The summed E-state index contributed by atoms with van der Waals surface area (Å²) in [7, 11) is 1.46. The Hall–Kier alpha value is -3.84. The number of anilines is 1. The molecule has 0 unspecified atom stereocenters. The zero-order valence-corrected chi connectivity index (χ0v) is 18.2. The summed E-state index contributed by atoms with van der Waals surface area (Å²) in [5, 5.41) is 2.46. The molecule has 1 aliphatic rings. The Morgan fingerprint density at radius 2 is 1.88 bits per heavy atom. The van der Waals surface area contributed by atoms with E-state index in [9.17, 15) is 14.4 Å². The van der Waals surface area contributed by atoms with Crippen molar-refractivity contribution < 1.29 is 19.1 Å². The first-order valence-electron chi connectivity index (χ1n) is 9.83. The number of nitrogens with zero attached hydrogens (tertiary/aromatic N) is 2. The Kier molecular flexibility index (Phi) is 5.83. The molecular formula is C24H20ClN3O4. The summed E-state index contributed by atoms with van der Waals surface area (Å²) in [5.41, 5.74) is 2.97. The maximum absolute atomic E-state index is 13.1. The molecule has 32 heavy (non-hydrogen) atoms. The molecule has 1 aliphatic heterocycles. The van der Waals surface area contributed by atoms with E-state index in [2.05, 4.69) is 11.4 Å². The van der Waals surface area contributed by atoms with Crippen LogP contribution >= 0.6 is 11.6 Å². The highest BCUT2D eigenvalue weighted by molar-refractivity contribution is 6.39. The second-order valence-electron chi connectivity index (χ2n) is 7.33. The van der Waals surface area contributed by atoms with Crippen LogP contribution in [-0.2, 0) is 16.1 Å². The lowest BCUT2D eigenvalue weighted by Gasteiger charge is -2.26. The van der Waals surface area contributed by atoms with E-state index in [1.807, 2.05) is 42.0 Å². The highest BCUT2D eigenvalue weighted by Gasteiger charge is 2.37. The molecule has 0 radical (unpaired) electrons. The van der Waals surface area contributed by atoms with Crippen LogP contribution in [0.5, 0.6) is 5.75 Å². The lowest BCUT2D eigenvalue weighted by atomic mass is 10.1. The van der Waals surface area contributed by atoms with Gasteiger partial charge in [-0.15, -0.1) is 0 Å². The van der Waals surface area contributed by atoms with Gasteiger partial charge in [0, 0.05) is 18.4 Å². The van der Waals surface area contributed by atoms with Crippen molar-refractivity contribution in [3.05, 3.63) is 88.2 Å². The number of nitrogens with one attached hydrogen (secondary N) is 1. The molecule has 0 bridgehead atoms. The van der Waals surface area contributed by atoms with Gasteiger partial charge in [-0.05, 0) is 48.9 Å². The lowest BCUT2D eigenvalue weighted by Crippen LogP contribution is -2.54. The zero-order chi connectivity index (χ0) is 22.8. The third kappa shape index (κ3) is 4.15. The Labute approximate surface area is 189 Å². The summed E-state index contributed by atoms with van der Waals surface area (Å²) in [6, 6.07) is 15.4. The van der Waals surface area contributed by atoms with Crippen molar-refractivity contribution in [2.45, 2.75) is 13.5 Å². The van der Waals surface area contributed by atoms with Crippen molar-refractivity contribution in [2.75, 3.05) is 12.0 Å². The minimum Gasteiger partial charge on any atom is -0.495 e. The molecule has 2 aromatic carbocycles. The number of amides is 4. The highest BCUT2D eigenvalue weighted by Crippen LogP contribution is 2.31. The van der Waals surface area contributed by atoms with Crippen molar-refractivity contribution in [3.63, 3.8) is 0 Å². The molecule has 0 spiro atoms. The SMILES string of the molecule is COc1ccc(N2C(=O)NC(=O)/C(=C\c3cccn3Cc3cccc(C)c3)C2=O)cc1Cl. The van der Waals surface area contributed by atoms with Crippen molar-refractivity contribution >= 4 is 41.2 Å². The van der Waals surface area contributed by atoms with Gasteiger partial charge in [-0.1, -0.05) is 41.4 Å². The highest BCUT2D eigenvalue weighted by atomic mass is 35.5. The molecule has 4 amide bonds. The molecule has 3 aromatic rings. The number of benzene rings is 2. The van der Waals surface area contributed by atoms with Crippen LogP contribution in [0.3, 0.4) is 0 Å². The fourth-order valence-corrected chi connectivity index (χ4v) is 3.80. The average molecular weight is 450 g/mol. The average Bonchev–Trinajstić information content (AvgIpc) is 3.17. The van der Waals surface area contributed by atoms with E-state index in [-0.39, 0.29) is 16.3 Å². The number of barbiturate groups is 1. The normalized spacial score (nSPS) is 15.3. The summed E-state index contributed by atoms with van der Waals surface area (Å²) < 4.78 is 7.04. The van der Waals surface area contributed by atoms with E-state index in [1.165, 1.54) is 25.3 Å². The number of ether oxygens (including phenoxy) is 1. The monoisotopic (exact) mass is 449 g/mol. The van der Waals surface area contributed by atoms with Gasteiger partial charge in [0.15, 0.2) is 0 Å². The van der Waals surface area contributed by atoms with E-state index in [0.29, 0.717) is 18.0 Å². The van der Waals surface area contributed by atoms with Gasteiger partial charge in [-0.2, -0.15) is 0 Å². The van der Waals surface area contributed by atoms with Crippen molar-refractivity contribution in [3.8, 4) is 5.75 Å². The third-order valence-corrected chi connectivity index (χ3v) is 5.38. The topological polar surface area (TPSA) is 80.6 Å². The molecule has 7 nitrogen and oxygen atoms in total. The van der Waals surface area contributed by atoms with Crippen LogP contribution in [-0.4, -0.2) is 29.5 Å². The summed E-state index contributed by atoms with van der Waals surface area (Å²) in [6.45, 7) is 2.59. The molecule has 4 rings (SSSR count). The number of imide groups is 2. The molecule has 1 aromatic heterocycles. The van der Waals surface area contributed by atoms with E-state index in [1.54, 1.807) is 12.1 Å². The lowest BCUT2D eigenvalue weighted by molar-refractivity contribution is -0.122. The molecule has 0 aliphatic carbocycles. The molecule has 162 valence electrons. The van der Waals surface area contributed by atoms with E-state index < -0.39 is 17.8 Å². The molecule has 0 atom stereocenters. The van der Waals surface area contributed by atoms with Crippen LogP contribution in [0.15, 0.2) is 66.4 Å². The molecule has 2 heterocycles. The number of carbonyl (C=O) groups excluding carboxylic acids is 3. The largest absolute Gasteiger partial charge is 0.495 e. The number of urea groups is 1. The van der Waals surface area contributed by atoms with Gasteiger partial charge in [-0.25, -0.2) is 9.69 Å². The number of aryl methyl sites for hydroxylation is 1. The minimum atomic E-state index is -0.839. The first-order valence-corrected chi connectivity index (χ1v) is 10.2. The van der Waals surface area contributed by atoms with Crippen LogP contribution in [0.25, 0.3) is 6.08 Å². The standard InChI is InChI=1S/C24H20ClN3O4/c1-15-5-3-6-16(11-15)14-27-10-4-7-17(27)12-19-22(29)26-24(31)28(23(19)30)18-8-9-21(32-2)20(25)13-18/h3-13H,14H2,1-2H3,(H,26,29,31)/b19-12+. The summed E-state index contributed by atoms with van der Waals surface area (Å²) >= 11 is 6.15.